The second-order valence-electron chi connectivity index (χ2n) is 5.98. The minimum atomic E-state index is 0.242. The topological polar surface area (TPSA) is 38.1 Å². The third kappa shape index (κ3) is 3.06. The molecule has 22 heavy (non-hydrogen) atoms. The summed E-state index contributed by atoms with van der Waals surface area (Å²) in [5, 5.41) is 0. The van der Waals surface area contributed by atoms with Gasteiger partial charge in [0.25, 0.3) is 0 Å². The molecule has 0 aliphatic carbocycles. The monoisotopic (exact) mass is 297 g/mol. The molecule has 1 aromatic heterocycles. The zero-order valence-electron chi connectivity index (χ0n) is 13.4. The quantitative estimate of drug-likeness (QED) is 0.869. The standard InChI is InChI=1S/C18H23N3O/c1-3-14-4-6-15(7-5-14)8-9-18(22)21-11-10-16-17(12-21)20(2)13-19-16/h4-7,13H,3,8-12H2,1-2H3. The van der Waals surface area contributed by atoms with E-state index in [0.717, 1.165) is 31.5 Å². The molecule has 1 aromatic carbocycles. The first kappa shape index (κ1) is 14.8. The molecule has 3 rings (SSSR count). The van der Waals surface area contributed by atoms with Crippen molar-refractivity contribution >= 4 is 5.91 Å². The predicted molar refractivity (Wildman–Crippen MR) is 86.5 cm³/mol. The van der Waals surface area contributed by atoms with E-state index < -0.39 is 0 Å². The van der Waals surface area contributed by atoms with E-state index in [0.29, 0.717) is 13.0 Å². The third-order valence-corrected chi connectivity index (χ3v) is 4.52. The average Bonchev–Trinajstić information content (AvgIpc) is 2.94. The predicted octanol–water partition coefficient (Wildman–Crippen LogP) is 2.50. The fraction of sp³-hybridized carbons (Fsp3) is 0.444. The van der Waals surface area contributed by atoms with E-state index in [2.05, 4.69) is 36.2 Å². The molecule has 0 saturated heterocycles. The number of aromatic nitrogens is 2. The van der Waals surface area contributed by atoms with Gasteiger partial charge >= 0.3 is 0 Å². The second kappa shape index (κ2) is 6.34. The van der Waals surface area contributed by atoms with Gasteiger partial charge in [0.15, 0.2) is 0 Å². The fourth-order valence-electron chi connectivity index (χ4n) is 2.98. The van der Waals surface area contributed by atoms with Crippen molar-refractivity contribution in [2.45, 2.75) is 39.2 Å². The molecule has 2 heterocycles. The van der Waals surface area contributed by atoms with Crippen LogP contribution in [0.5, 0.6) is 0 Å². The summed E-state index contributed by atoms with van der Waals surface area (Å²) in [5.41, 5.74) is 4.90. The molecule has 116 valence electrons. The maximum Gasteiger partial charge on any atom is 0.223 e. The third-order valence-electron chi connectivity index (χ3n) is 4.52. The van der Waals surface area contributed by atoms with Crippen LogP contribution >= 0.6 is 0 Å². The maximum absolute atomic E-state index is 12.4. The lowest BCUT2D eigenvalue weighted by Crippen LogP contribution is -2.36. The van der Waals surface area contributed by atoms with Crippen molar-refractivity contribution in [3.63, 3.8) is 0 Å². The SMILES string of the molecule is CCc1ccc(CCC(=O)N2CCc3ncn(C)c3C2)cc1. The molecule has 0 N–H and O–H groups in total. The molecule has 0 saturated carbocycles. The number of hydrogen-bond acceptors (Lipinski definition) is 2. The van der Waals surface area contributed by atoms with Gasteiger partial charge in [0.1, 0.15) is 0 Å². The Morgan fingerprint density at radius 1 is 1.23 bits per heavy atom. The molecule has 0 atom stereocenters. The lowest BCUT2D eigenvalue weighted by molar-refractivity contribution is -0.132. The Balaban J connectivity index is 1.57. The van der Waals surface area contributed by atoms with Crippen LogP contribution in [-0.2, 0) is 37.6 Å². The van der Waals surface area contributed by atoms with Crippen molar-refractivity contribution in [1.82, 2.24) is 14.5 Å². The molecule has 1 amide bonds. The van der Waals surface area contributed by atoms with Gasteiger partial charge in [-0.2, -0.15) is 0 Å². The lowest BCUT2D eigenvalue weighted by Gasteiger charge is -2.27. The number of aryl methyl sites for hydroxylation is 3. The highest BCUT2D eigenvalue weighted by atomic mass is 16.2. The number of carbonyl (C=O) groups is 1. The number of nitrogens with zero attached hydrogens (tertiary/aromatic N) is 3. The van der Waals surface area contributed by atoms with E-state index in [1.165, 1.54) is 16.8 Å². The highest BCUT2D eigenvalue weighted by molar-refractivity contribution is 5.76. The first-order chi connectivity index (χ1) is 10.7. The first-order valence-corrected chi connectivity index (χ1v) is 8.02. The Morgan fingerprint density at radius 2 is 1.95 bits per heavy atom. The van der Waals surface area contributed by atoms with Crippen LogP contribution in [0.3, 0.4) is 0 Å². The van der Waals surface area contributed by atoms with Crippen LogP contribution < -0.4 is 0 Å². The number of rotatable bonds is 4. The van der Waals surface area contributed by atoms with E-state index in [1.807, 2.05) is 22.8 Å². The molecule has 1 aliphatic heterocycles. The summed E-state index contributed by atoms with van der Waals surface area (Å²) < 4.78 is 2.03. The Labute approximate surface area is 131 Å². The molecule has 0 bridgehead atoms. The Kier molecular flexibility index (Phi) is 4.27. The van der Waals surface area contributed by atoms with Crippen LogP contribution in [0.15, 0.2) is 30.6 Å². The van der Waals surface area contributed by atoms with E-state index in [1.54, 1.807) is 0 Å². The van der Waals surface area contributed by atoms with E-state index in [-0.39, 0.29) is 5.91 Å². The molecule has 0 fully saturated rings. The van der Waals surface area contributed by atoms with Crippen LogP contribution in [0.2, 0.25) is 0 Å². The average molecular weight is 297 g/mol. The maximum atomic E-state index is 12.4. The Bertz CT molecular complexity index is 657. The highest BCUT2D eigenvalue weighted by Gasteiger charge is 2.23. The summed E-state index contributed by atoms with van der Waals surface area (Å²) in [4.78, 5) is 18.8. The van der Waals surface area contributed by atoms with E-state index >= 15 is 0 Å². The molecule has 2 aromatic rings. The number of amides is 1. The van der Waals surface area contributed by atoms with Gasteiger partial charge in [-0.25, -0.2) is 4.98 Å². The molecule has 4 nitrogen and oxygen atoms in total. The van der Waals surface area contributed by atoms with Gasteiger partial charge in [-0.3, -0.25) is 4.79 Å². The van der Waals surface area contributed by atoms with Crippen LogP contribution in [0.1, 0.15) is 35.9 Å². The zero-order valence-corrected chi connectivity index (χ0v) is 13.4. The van der Waals surface area contributed by atoms with Crippen LogP contribution in [-0.4, -0.2) is 26.9 Å². The highest BCUT2D eigenvalue weighted by Crippen LogP contribution is 2.18. The van der Waals surface area contributed by atoms with Crippen LogP contribution in [0.25, 0.3) is 0 Å². The van der Waals surface area contributed by atoms with Crippen molar-refractivity contribution in [3.05, 3.63) is 53.1 Å². The zero-order chi connectivity index (χ0) is 15.5. The normalized spacial score (nSPS) is 14.0. The molecule has 1 aliphatic rings. The summed E-state index contributed by atoms with van der Waals surface area (Å²) in [5.74, 6) is 0.242. The number of fused-ring (bicyclic) bond motifs is 1. The summed E-state index contributed by atoms with van der Waals surface area (Å²) in [6, 6.07) is 8.59. The number of hydrogen-bond donors (Lipinski definition) is 0. The Morgan fingerprint density at radius 3 is 2.68 bits per heavy atom. The van der Waals surface area contributed by atoms with Crippen molar-refractivity contribution < 1.29 is 4.79 Å². The molecular weight excluding hydrogens is 274 g/mol. The van der Waals surface area contributed by atoms with Gasteiger partial charge in [-0.05, 0) is 24.0 Å². The van der Waals surface area contributed by atoms with Gasteiger partial charge in [0, 0.05) is 26.4 Å². The van der Waals surface area contributed by atoms with Crippen LogP contribution in [0.4, 0.5) is 0 Å². The van der Waals surface area contributed by atoms with Crippen molar-refractivity contribution in [2.75, 3.05) is 6.54 Å². The minimum absolute atomic E-state index is 0.242. The molecule has 0 spiro atoms. The van der Waals surface area contributed by atoms with Gasteiger partial charge < -0.3 is 9.47 Å². The van der Waals surface area contributed by atoms with Crippen molar-refractivity contribution in [1.29, 1.82) is 0 Å². The number of carbonyl (C=O) groups excluding carboxylic acids is 1. The second-order valence-corrected chi connectivity index (χ2v) is 5.98. The number of imidazole rings is 1. The minimum Gasteiger partial charge on any atom is -0.336 e. The van der Waals surface area contributed by atoms with Gasteiger partial charge in [-0.1, -0.05) is 31.2 Å². The first-order valence-electron chi connectivity index (χ1n) is 8.02. The Hall–Kier alpha value is -2.10. The van der Waals surface area contributed by atoms with Crippen molar-refractivity contribution in [3.8, 4) is 0 Å². The lowest BCUT2D eigenvalue weighted by atomic mass is 10.0. The summed E-state index contributed by atoms with van der Waals surface area (Å²) in [7, 11) is 2.00. The summed E-state index contributed by atoms with van der Waals surface area (Å²) in [6.07, 6.45) is 5.16. The smallest absolute Gasteiger partial charge is 0.223 e. The van der Waals surface area contributed by atoms with Gasteiger partial charge in [0.2, 0.25) is 5.91 Å². The molecular formula is C18H23N3O. The molecule has 0 radical (unpaired) electrons. The summed E-state index contributed by atoms with van der Waals surface area (Å²) >= 11 is 0. The number of benzene rings is 1. The van der Waals surface area contributed by atoms with Gasteiger partial charge in [-0.15, -0.1) is 0 Å². The largest absolute Gasteiger partial charge is 0.336 e. The fourth-order valence-corrected chi connectivity index (χ4v) is 2.98. The summed E-state index contributed by atoms with van der Waals surface area (Å²) in [6.45, 7) is 3.64. The van der Waals surface area contributed by atoms with E-state index in [9.17, 15) is 4.79 Å². The molecule has 0 unspecified atom stereocenters. The van der Waals surface area contributed by atoms with Crippen LogP contribution in [0, 0.1) is 0 Å². The van der Waals surface area contributed by atoms with Crippen molar-refractivity contribution in [2.24, 2.45) is 7.05 Å². The molecule has 4 heteroatoms. The van der Waals surface area contributed by atoms with E-state index in [4.69, 9.17) is 0 Å². The van der Waals surface area contributed by atoms with Gasteiger partial charge in [0.05, 0.1) is 24.3 Å².